The Kier molecular flexibility index (Phi) is 5.77. The van der Waals surface area contributed by atoms with Crippen molar-refractivity contribution in [2.45, 2.75) is 19.9 Å². The van der Waals surface area contributed by atoms with E-state index >= 15 is 0 Å². The second kappa shape index (κ2) is 7.79. The third-order valence-electron chi connectivity index (χ3n) is 2.91. The molecular formula is C16H17BrN2O3. The average Bonchev–Trinajstić information content (AvgIpc) is 2.50. The van der Waals surface area contributed by atoms with Crippen LogP contribution in [0.5, 0.6) is 5.75 Å². The number of hydrogen-bond donors (Lipinski definition) is 1. The highest BCUT2D eigenvalue weighted by molar-refractivity contribution is 9.10. The molecule has 0 radical (unpaired) electrons. The number of anilines is 1. The number of hydrogen-bond acceptors (Lipinski definition) is 3. The van der Waals surface area contributed by atoms with Gasteiger partial charge in [0, 0.05) is 10.7 Å². The fraction of sp³-hybridized carbons (Fsp3) is 0.250. The fourth-order valence-electron chi connectivity index (χ4n) is 1.87. The van der Waals surface area contributed by atoms with Gasteiger partial charge in [-0.05, 0) is 46.6 Å². The molecule has 1 N–H and O–H groups in total. The minimum atomic E-state index is -0.307. The SMILES string of the molecule is CCCOc1cccn(CC(=O)Nc2ccccc2Br)c1=O. The van der Waals surface area contributed by atoms with Gasteiger partial charge in [-0.2, -0.15) is 0 Å². The first kappa shape index (κ1) is 16.3. The van der Waals surface area contributed by atoms with Crippen LogP contribution in [0.1, 0.15) is 13.3 Å². The normalized spacial score (nSPS) is 10.3. The summed E-state index contributed by atoms with van der Waals surface area (Å²) in [6.07, 6.45) is 2.39. The molecule has 0 fully saturated rings. The molecular weight excluding hydrogens is 348 g/mol. The number of nitrogens with zero attached hydrogens (tertiary/aromatic N) is 1. The van der Waals surface area contributed by atoms with Crippen molar-refractivity contribution in [3.8, 4) is 5.75 Å². The van der Waals surface area contributed by atoms with Gasteiger partial charge in [0.15, 0.2) is 5.75 Å². The molecule has 6 heteroatoms. The van der Waals surface area contributed by atoms with Gasteiger partial charge in [0.05, 0.1) is 12.3 Å². The second-order valence-electron chi connectivity index (χ2n) is 4.68. The lowest BCUT2D eigenvalue weighted by Crippen LogP contribution is -2.28. The van der Waals surface area contributed by atoms with Crippen LogP contribution in [0.15, 0.2) is 51.9 Å². The van der Waals surface area contributed by atoms with Crippen LogP contribution in [-0.2, 0) is 11.3 Å². The predicted octanol–water partition coefficient (Wildman–Crippen LogP) is 3.04. The number of pyridine rings is 1. The summed E-state index contributed by atoms with van der Waals surface area (Å²) < 4.78 is 7.49. The van der Waals surface area contributed by atoms with Gasteiger partial charge >= 0.3 is 0 Å². The van der Waals surface area contributed by atoms with E-state index in [1.165, 1.54) is 4.57 Å². The Morgan fingerprint density at radius 1 is 1.27 bits per heavy atom. The first-order valence-corrected chi connectivity index (χ1v) is 7.77. The standard InChI is InChI=1S/C16H17BrN2O3/c1-2-10-22-14-8-5-9-19(16(14)21)11-15(20)18-13-7-4-3-6-12(13)17/h3-9H,2,10-11H2,1H3,(H,18,20). The molecule has 22 heavy (non-hydrogen) atoms. The molecule has 0 aliphatic rings. The predicted molar refractivity (Wildman–Crippen MR) is 89.3 cm³/mol. The summed E-state index contributed by atoms with van der Waals surface area (Å²) in [4.78, 5) is 24.3. The molecule has 116 valence electrons. The van der Waals surface area contributed by atoms with E-state index in [2.05, 4.69) is 21.2 Å². The number of halogens is 1. The number of rotatable bonds is 6. The minimum absolute atomic E-state index is 0.0660. The molecule has 1 amide bonds. The van der Waals surface area contributed by atoms with E-state index in [4.69, 9.17) is 4.74 Å². The average molecular weight is 365 g/mol. The van der Waals surface area contributed by atoms with Crippen LogP contribution in [0.25, 0.3) is 0 Å². The second-order valence-corrected chi connectivity index (χ2v) is 5.54. The lowest BCUT2D eigenvalue weighted by molar-refractivity contribution is -0.116. The molecule has 0 saturated carbocycles. The van der Waals surface area contributed by atoms with Gasteiger partial charge in [-0.3, -0.25) is 9.59 Å². The van der Waals surface area contributed by atoms with Gasteiger partial charge in [-0.1, -0.05) is 19.1 Å². The van der Waals surface area contributed by atoms with Crippen molar-refractivity contribution < 1.29 is 9.53 Å². The van der Waals surface area contributed by atoms with Crippen molar-refractivity contribution >= 4 is 27.5 Å². The number of aromatic nitrogens is 1. The van der Waals surface area contributed by atoms with Crippen molar-refractivity contribution in [2.75, 3.05) is 11.9 Å². The third kappa shape index (κ3) is 4.21. The lowest BCUT2D eigenvalue weighted by Gasteiger charge is -2.10. The van der Waals surface area contributed by atoms with Gasteiger partial charge in [-0.15, -0.1) is 0 Å². The first-order chi connectivity index (χ1) is 10.6. The Morgan fingerprint density at radius 3 is 2.77 bits per heavy atom. The number of para-hydroxylation sites is 1. The Bertz CT molecular complexity index is 713. The van der Waals surface area contributed by atoms with Crippen LogP contribution in [0.4, 0.5) is 5.69 Å². The Morgan fingerprint density at radius 2 is 2.05 bits per heavy atom. The number of amides is 1. The van der Waals surface area contributed by atoms with E-state index in [1.807, 2.05) is 25.1 Å². The summed E-state index contributed by atoms with van der Waals surface area (Å²) in [5.74, 6) is -0.0142. The summed E-state index contributed by atoms with van der Waals surface area (Å²) >= 11 is 3.36. The van der Waals surface area contributed by atoms with Crippen molar-refractivity contribution in [2.24, 2.45) is 0 Å². The number of carbonyl (C=O) groups excluding carboxylic acids is 1. The molecule has 1 aromatic carbocycles. The molecule has 2 aromatic rings. The van der Waals surface area contributed by atoms with Gasteiger partial charge < -0.3 is 14.6 Å². The van der Waals surface area contributed by atoms with E-state index in [0.717, 1.165) is 10.9 Å². The molecule has 0 atom stereocenters. The molecule has 0 aliphatic heterocycles. The van der Waals surface area contributed by atoms with Gasteiger partial charge in [0.25, 0.3) is 5.56 Å². The highest BCUT2D eigenvalue weighted by atomic mass is 79.9. The van der Waals surface area contributed by atoms with E-state index in [-0.39, 0.29) is 23.8 Å². The zero-order valence-corrected chi connectivity index (χ0v) is 13.8. The maximum Gasteiger partial charge on any atom is 0.293 e. The largest absolute Gasteiger partial charge is 0.488 e. The monoisotopic (exact) mass is 364 g/mol. The van der Waals surface area contributed by atoms with Crippen LogP contribution >= 0.6 is 15.9 Å². The van der Waals surface area contributed by atoms with E-state index < -0.39 is 0 Å². The molecule has 0 bridgehead atoms. The van der Waals surface area contributed by atoms with Crippen molar-refractivity contribution in [3.05, 3.63) is 57.4 Å². The Hall–Kier alpha value is -2.08. The smallest absolute Gasteiger partial charge is 0.293 e. The number of ether oxygens (including phenoxy) is 1. The molecule has 1 aromatic heterocycles. The molecule has 0 spiro atoms. The highest BCUT2D eigenvalue weighted by Gasteiger charge is 2.09. The summed E-state index contributed by atoms with van der Waals surface area (Å²) in [5, 5.41) is 2.76. The Labute approximate surface area is 137 Å². The number of carbonyl (C=O) groups is 1. The Balaban J connectivity index is 2.09. The van der Waals surface area contributed by atoms with Gasteiger partial charge in [0.1, 0.15) is 6.54 Å². The van der Waals surface area contributed by atoms with Crippen LogP contribution in [0.2, 0.25) is 0 Å². The van der Waals surface area contributed by atoms with Gasteiger partial charge in [-0.25, -0.2) is 0 Å². The summed E-state index contributed by atoms with van der Waals surface area (Å²) in [7, 11) is 0. The summed E-state index contributed by atoms with van der Waals surface area (Å²) in [6.45, 7) is 2.37. The first-order valence-electron chi connectivity index (χ1n) is 6.98. The number of benzene rings is 1. The van der Waals surface area contributed by atoms with Crippen molar-refractivity contribution in [1.29, 1.82) is 0 Å². The third-order valence-corrected chi connectivity index (χ3v) is 3.60. The summed E-state index contributed by atoms with van der Waals surface area (Å²) in [5.41, 5.74) is 0.358. The summed E-state index contributed by atoms with van der Waals surface area (Å²) in [6, 6.07) is 10.6. The maximum atomic E-state index is 12.2. The highest BCUT2D eigenvalue weighted by Crippen LogP contribution is 2.21. The topological polar surface area (TPSA) is 60.3 Å². The van der Waals surface area contributed by atoms with E-state index in [0.29, 0.717) is 12.3 Å². The zero-order valence-electron chi connectivity index (χ0n) is 12.2. The van der Waals surface area contributed by atoms with Crippen LogP contribution in [-0.4, -0.2) is 17.1 Å². The molecule has 1 heterocycles. The van der Waals surface area contributed by atoms with E-state index in [1.54, 1.807) is 24.4 Å². The molecule has 5 nitrogen and oxygen atoms in total. The fourth-order valence-corrected chi connectivity index (χ4v) is 2.25. The van der Waals surface area contributed by atoms with Crippen molar-refractivity contribution in [1.82, 2.24) is 4.57 Å². The number of nitrogens with one attached hydrogen (secondary N) is 1. The van der Waals surface area contributed by atoms with Crippen molar-refractivity contribution in [3.63, 3.8) is 0 Å². The van der Waals surface area contributed by atoms with Crippen LogP contribution < -0.4 is 15.6 Å². The molecule has 0 unspecified atom stereocenters. The quantitative estimate of drug-likeness (QED) is 0.856. The van der Waals surface area contributed by atoms with Gasteiger partial charge in [0.2, 0.25) is 5.91 Å². The van der Waals surface area contributed by atoms with Crippen LogP contribution in [0, 0.1) is 0 Å². The van der Waals surface area contributed by atoms with Crippen LogP contribution in [0.3, 0.4) is 0 Å². The van der Waals surface area contributed by atoms with E-state index in [9.17, 15) is 9.59 Å². The molecule has 2 rings (SSSR count). The maximum absolute atomic E-state index is 12.2. The molecule has 0 saturated heterocycles. The molecule has 0 aliphatic carbocycles. The minimum Gasteiger partial charge on any atom is -0.488 e. The zero-order chi connectivity index (χ0) is 15.9. The lowest BCUT2D eigenvalue weighted by atomic mass is 10.3.